The maximum atomic E-state index is 10.8. The van der Waals surface area contributed by atoms with Gasteiger partial charge >= 0.3 is 5.97 Å². The summed E-state index contributed by atoms with van der Waals surface area (Å²) in [6, 6.07) is 3.44. The first-order chi connectivity index (χ1) is 8.70. The molecule has 0 spiro atoms. The van der Waals surface area contributed by atoms with Gasteiger partial charge in [-0.2, -0.15) is 11.8 Å². The van der Waals surface area contributed by atoms with Crippen LogP contribution in [0.15, 0.2) is 18.3 Å². The molecule has 0 amide bonds. The number of carboxylic acids is 1. The minimum atomic E-state index is -0.924. The van der Waals surface area contributed by atoms with E-state index in [9.17, 15) is 4.79 Å². The average molecular weight is 266 g/mol. The molecular formula is C13H18N2O2S. The van der Waals surface area contributed by atoms with E-state index < -0.39 is 5.97 Å². The van der Waals surface area contributed by atoms with Crippen molar-refractivity contribution in [2.45, 2.75) is 24.5 Å². The SMILES string of the molecule is CSC1CCCN(c2ccc(C(=O)O)cn2)CC1. The van der Waals surface area contributed by atoms with Gasteiger partial charge in [0, 0.05) is 24.5 Å². The predicted molar refractivity (Wildman–Crippen MR) is 74.6 cm³/mol. The molecule has 98 valence electrons. The van der Waals surface area contributed by atoms with Crippen molar-refractivity contribution in [2.24, 2.45) is 0 Å². The highest BCUT2D eigenvalue weighted by Gasteiger charge is 2.17. The Balaban J connectivity index is 2.04. The number of hydrogen-bond donors (Lipinski definition) is 1. The highest BCUT2D eigenvalue weighted by atomic mass is 32.2. The maximum absolute atomic E-state index is 10.8. The Morgan fingerprint density at radius 3 is 2.89 bits per heavy atom. The minimum Gasteiger partial charge on any atom is -0.478 e. The normalized spacial score (nSPS) is 20.5. The number of anilines is 1. The van der Waals surface area contributed by atoms with Gasteiger partial charge in [0.25, 0.3) is 0 Å². The molecule has 5 heteroatoms. The van der Waals surface area contributed by atoms with E-state index in [1.54, 1.807) is 6.07 Å². The van der Waals surface area contributed by atoms with Crippen molar-refractivity contribution in [3.63, 3.8) is 0 Å². The second-order valence-electron chi connectivity index (χ2n) is 4.49. The third kappa shape index (κ3) is 3.16. The molecule has 0 aliphatic carbocycles. The Labute approximate surface area is 111 Å². The van der Waals surface area contributed by atoms with Crippen LogP contribution < -0.4 is 4.90 Å². The summed E-state index contributed by atoms with van der Waals surface area (Å²) in [4.78, 5) is 17.3. The smallest absolute Gasteiger partial charge is 0.337 e. The second kappa shape index (κ2) is 6.09. The number of carbonyl (C=O) groups is 1. The van der Waals surface area contributed by atoms with Crippen molar-refractivity contribution >= 4 is 23.5 Å². The zero-order valence-electron chi connectivity index (χ0n) is 10.5. The number of aromatic carboxylic acids is 1. The summed E-state index contributed by atoms with van der Waals surface area (Å²) in [7, 11) is 0. The molecular weight excluding hydrogens is 248 g/mol. The van der Waals surface area contributed by atoms with Gasteiger partial charge in [0.1, 0.15) is 5.82 Å². The molecule has 1 unspecified atom stereocenters. The standard InChI is InChI=1S/C13H18N2O2S/c1-18-11-3-2-7-15(8-6-11)12-5-4-10(9-14-12)13(16)17/h4-5,9,11H,2-3,6-8H2,1H3,(H,16,17). The van der Waals surface area contributed by atoms with Crippen molar-refractivity contribution in [3.8, 4) is 0 Å². The third-order valence-corrected chi connectivity index (χ3v) is 4.47. The lowest BCUT2D eigenvalue weighted by molar-refractivity contribution is 0.0696. The highest BCUT2D eigenvalue weighted by Crippen LogP contribution is 2.23. The molecule has 0 aromatic carbocycles. The highest BCUT2D eigenvalue weighted by molar-refractivity contribution is 7.99. The molecule has 0 bridgehead atoms. The molecule has 1 fully saturated rings. The van der Waals surface area contributed by atoms with Crippen LogP contribution in [0.5, 0.6) is 0 Å². The van der Waals surface area contributed by atoms with Crippen LogP contribution in [0.1, 0.15) is 29.6 Å². The van der Waals surface area contributed by atoms with E-state index in [1.807, 2.05) is 17.8 Å². The summed E-state index contributed by atoms with van der Waals surface area (Å²) in [5.41, 5.74) is 0.246. The molecule has 0 saturated carbocycles. The van der Waals surface area contributed by atoms with Gasteiger partial charge in [-0.05, 0) is 37.7 Å². The van der Waals surface area contributed by atoms with Crippen LogP contribution in [0.25, 0.3) is 0 Å². The van der Waals surface area contributed by atoms with Crippen molar-refractivity contribution < 1.29 is 9.90 Å². The molecule has 1 saturated heterocycles. The summed E-state index contributed by atoms with van der Waals surface area (Å²) in [5.74, 6) is -0.0332. The second-order valence-corrected chi connectivity index (χ2v) is 5.62. The monoisotopic (exact) mass is 266 g/mol. The summed E-state index contributed by atoms with van der Waals surface area (Å²) >= 11 is 1.94. The van der Waals surface area contributed by atoms with E-state index in [1.165, 1.54) is 25.5 Å². The van der Waals surface area contributed by atoms with Crippen LogP contribution in [0, 0.1) is 0 Å². The van der Waals surface area contributed by atoms with E-state index in [4.69, 9.17) is 5.11 Å². The van der Waals surface area contributed by atoms with Crippen LogP contribution in [0.4, 0.5) is 5.82 Å². The van der Waals surface area contributed by atoms with Crippen molar-refractivity contribution in [3.05, 3.63) is 23.9 Å². The Kier molecular flexibility index (Phi) is 4.47. The molecule has 1 aliphatic rings. The maximum Gasteiger partial charge on any atom is 0.337 e. The number of aromatic nitrogens is 1. The van der Waals surface area contributed by atoms with E-state index in [-0.39, 0.29) is 5.56 Å². The molecule has 1 aromatic rings. The van der Waals surface area contributed by atoms with Crippen molar-refractivity contribution in [2.75, 3.05) is 24.2 Å². The summed E-state index contributed by atoms with van der Waals surface area (Å²) in [5, 5.41) is 9.59. The van der Waals surface area contributed by atoms with Crippen LogP contribution in [-0.4, -0.2) is 40.7 Å². The number of hydrogen-bond acceptors (Lipinski definition) is 4. The summed E-state index contributed by atoms with van der Waals surface area (Å²) < 4.78 is 0. The van der Waals surface area contributed by atoms with Gasteiger partial charge in [0.15, 0.2) is 0 Å². The largest absolute Gasteiger partial charge is 0.478 e. The molecule has 1 N–H and O–H groups in total. The van der Waals surface area contributed by atoms with E-state index in [0.29, 0.717) is 0 Å². The van der Waals surface area contributed by atoms with Gasteiger partial charge in [0.2, 0.25) is 0 Å². The fourth-order valence-corrected chi connectivity index (χ4v) is 2.97. The Morgan fingerprint density at radius 1 is 1.44 bits per heavy atom. The third-order valence-electron chi connectivity index (χ3n) is 3.33. The van der Waals surface area contributed by atoms with Gasteiger partial charge in [-0.25, -0.2) is 9.78 Å². The molecule has 4 nitrogen and oxygen atoms in total. The zero-order chi connectivity index (χ0) is 13.0. The predicted octanol–water partition coefficient (Wildman–Crippen LogP) is 2.50. The Morgan fingerprint density at radius 2 is 2.28 bits per heavy atom. The van der Waals surface area contributed by atoms with Crippen LogP contribution in [-0.2, 0) is 0 Å². The molecule has 18 heavy (non-hydrogen) atoms. The Hall–Kier alpha value is -1.23. The molecule has 2 heterocycles. The molecule has 2 rings (SSSR count). The fourth-order valence-electron chi connectivity index (χ4n) is 2.23. The van der Waals surface area contributed by atoms with Gasteiger partial charge in [0.05, 0.1) is 5.56 Å². The van der Waals surface area contributed by atoms with Gasteiger partial charge in [-0.1, -0.05) is 0 Å². The van der Waals surface area contributed by atoms with Crippen molar-refractivity contribution in [1.29, 1.82) is 0 Å². The Bertz CT molecular complexity index is 408. The van der Waals surface area contributed by atoms with Crippen molar-refractivity contribution in [1.82, 2.24) is 4.98 Å². The minimum absolute atomic E-state index is 0.246. The lowest BCUT2D eigenvalue weighted by Crippen LogP contribution is -2.25. The number of carboxylic acid groups (broad SMARTS) is 1. The molecule has 1 aliphatic heterocycles. The first-order valence-electron chi connectivity index (χ1n) is 6.18. The first-order valence-corrected chi connectivity index (χ1v) is 7.46. The van der Waals surface area contributed by atoms with E-state index in [0.717, 1.165) is 24.2 Å². The van der Waals surface area contributed by atoms with Crippen LogP contribution >= 0.6 is 11.8 Å². The number of nitrogens with zero attached hydrogens (tertiary/aromatic N) is 2. The van der Waals surface area contributed by atoms with Crippen LogP contribution in [0.3, 0.4) is 0 Å². The quantitative estimate of drug-likeness (QED) is 0.911. The number of thioether (sulfide) groups is 1. The van der Waals surface area contributed by atoms with Gasteiger partial charge in [-0.15, -0.1) is 0 Å². The topological polar surface area (TPSA) is 53.4 Å². The lowest BCUT2D eigenvalue weighted by Gasteiger charge is -2.21. The molecule has 1 atom stereocenters. The summed E-state index contributed by atoms with van der Waals surface area (Å²) in [6.07, 6.45) is 7.21. The number of pyridine rings is 1. The molecule has 0 radical (unpaired) electrons. The first kappa shape index (κ1) is 13.2. The average Bonchev–Trinajstić information content (AvgIpc) is 2.64. The number of rotatable bonds is 3. The molecule has 1 aromatic heterocycles. The van der Waals surface area contributed by atoms with E-state index >= 15 is 0 Å². The van der Waals surface area contributed by atoms with E-state index in [2.05, 4.69) is 16.1 Å². The van der Waals surface area contributed by atoms with Gasteiger partial charge < -0.3 is 10.0 Å². The zero-order valence-corrected chi connectivity index (χ0v) is 11.3. The summed E-state index contributed by atoms with van der Waals surface area (Å²) in [6.45, 7) is 2.02. The fraction of sp³-hybridized carbons (Fsp3) is 0.538. The van der Waals surface area contributed by atoms with Crippen LogP contribution in [0.2, 0.25) is 0 Å². The lowest BCUT2D eigenvalue weighted by atomic mass is 10.2. The van der Waals surface area contributed by atoms with Gasteiger partial charge in [-0.3, -0.25) is 0 Å².